The van der Waals surface area contributed by atoms with E-state index in [0.717, 1.165) is 5.56 Å². The molecule has 0 aliphatic carbocycles. The van der Waals surface area contributed by atoms with Crippen LogP contribution in [0.25, 0.3) is 0 Å². The van der Waals surface area contributed by atoms with E-state index in [1.807, 2.05) is 0 Å². The van der Waals surface area contributed by atoms with Crippen LogP contribution in [-0.4, -0.2) is 42.5 Å². The Balaban J connectivity index is 0.00000144. The maximum absolute atomic E-state index is 10.8. The predicted octanol–water partition coefficient (Wildman–Crippen LogP) is 0.902. The standard InChI is InChI=1S/C8H10O3S.Na.H/c1-6-4-3-5-8(7(6)2)12(9,10)11;;/h3-5H,1-2H3,(H,9,10,11);;. The summed E-state index contributed by atoms with van der Waals surface area (Å²) in [6.07, 6.45) is 0. The average molecular weight is 210 g/mol. The molecule has 0 aliphatic heterocycles. The van der Waals surface area contributed by atoms with Gasteiger partial charge in [0, 0.05) is 0 Å². The van der Waals surface area contributed by atoms with Crippen molar-refractivity contribution in [3.05, 3.63) is 29.3 Å². The molecule has 1 N–H and O–H groups in total. The minimum absolute atomic E-state index is 0. The fraction of sp³-hybridized carbons (Fsp3) is 0.250. The molecule has 0 amide bonds. The molecule has 0 radical (unpaired) electrons. The molecule has 13 heavy (non-hydrogen) atoms. The number of benzene rings is 1. The van der Waals surface area contributed by atoms with Crippen LogP contribution < -0.4 is 0 Å². The summed E-state index contributed by atoms with van der Waals surface area (Å²) in [6, 6.07) is 4.78. The Kier molecular flexibility index (Phi) is 4.62. The van der Waals surface area contributed by atoms with Crippen LogP contribution in [0.4, 0.5) is 0 Å². The number of hydrogen-bond acceptors (Lipinski definition) is 2. The Labute approximate surface area is 100 Å². The normalized spacial score (nSPS) is 10.7. The maximum atomic E-state index is 10.8. The molecule has 0 fully saturated rings. The van der Waals surface area contributed by atoms with Crippen molar-refractivity contribution in [3.8, 4) is 0 Å². The van der Waals surface area contributed by atoms with Gasteiger partial charge in [0.1, 0.15) is 0 Å². The predicted molar refractivity (Wildman–Crippen MR) is 52.9 cm³/mol. The monoisotopic (exact) mass is 210 g/mol. The summed E-state index contributed by atoms with van der Waals surface area (Å²) in [5.41, 5.74) is 1.45. The van der Waals surface area contributed by atoms with Crippen molar-refractivity contribution >= 4 is 39.7 Å². The average Bonchev–Trinajstić information content (AvgIpc) is 1.92. The third-order valence-corrected chi connectivity index (χ3v) is 2.83. The third kappa shape index (κ3) is 3.07. The van der Waals surface area contributed by atoms with Gasteiger partial charge in [0.2, 0.25) is 0 Å². The quantitative estimate of drug-likeness (QED) is 0.553. The summed E-state index contributed by atoms with van der Waals surface area (Å²) >= 11 is 0. The molecule has 1 aromatic rings. The molecule has 0 bridgehead atoms. The van der Waals surface area contributed by atoms with Gasteiger partial charge in [-0.2, -0.15) is 8.42 Å². The Morgan fingerprint density at radius 1 is 1.23 bits per heavy atom. The molecule has 5 heteroatoms. The fourth-order valence-corrected chi connectivity index (χ4v) is 1.80. The van der Waals surface area contributed by atoms with E-state index in [-0.39, 0.29) is 34.5 Å². The molecule has 68 valence electrons. The molecule has 0 saturated heterocycles. The number of aryl methyl sites for hydroxylation is 1. The second kappa shape index (κ2) is 4.57. The first kappa shape index (κ1) is 13.1. The van der Waals surface area contributed by atoms with E-state index in [9.17, 15) is 8.42 Å². The van der Waals surface area contributed by atoms with E-state index in [2.05, 4.69) is 0 Å². The van der Waals surface area contributed by atoms with Gasteiger partial charge in [0.15, 0.2) is 0 Å². The van der Waals surface area contributed by atoms with E-state index in [1.54, 1.807) is 26.0 Å². The zero-order chi connectivity index (χ0) is 9.35. The van der Waals surface area contributed by atoms with Crippen molar-refractivity contribution in [3.63, 3.8) is 0 Å². The van der Waals surface area contributed by atoms with E-state index in [0.29, 0.717) is 5.56 Å². The SMILES string of the molecule is Cc1cccc(S(=O)(=O)O)c1C.[NaH]. The van der Waals surface area contributed by atoms with Crippen LogP contribution in [0.3, 0.4) is 0 Å². The summed E-state index contributed by atoms with van der Waals surface area (Å²) in [5.74, 6) is 0. The summed E-state index contributed by atoms with van der Waals surface area (Å²) < 4.78 is 30.3. The van der Waals surface area contributed by atoms with Crippen molar-refractivity contribution in [2.75, 3.05) is 0 Å². The molecule has 0 atom stereocenters. The van der Waals surface area contributed by atoms with Crippen LogP contribution in [0.1, 0.15) is 11.1 Å². The van der Waals surface area contributed by atoms with E-state index in [4.69, 9.17) is 4.55 Å². The summed E-state index contributed by atoms with van der Waals surface area (Å²) in [5, 5.41) is 0. The fourth-order valence-electron chi connectivity index (χ4n) is 1.00. The van der Waals surface area contributed by atoms with Gasteiger partial charge >= 0.3 is 29.6 Å². The van der Waals surface area contributed by atoms with Crippen molar-refractivity contribution < 1.29 is 13.0 Å². The van der Waals surface area contributed by atoms with Crippen LogP contribution in [-0.2, 0) is 10.1 Å². The molecule has 3 nitrogen and oxygen atoms in total. The molecular weight excluding hydrogens is 199 g/mol. The molecule has 0 saturated carbocycles. The van der Waals surface area contributed by atoms with Crippen molar-refractivity contribution in [2.24, 2.45) is 0 Å². The van der Waals surface area contributed by atoms with E-state index in [1.165, 1.54) is 6.07 Å². The van der Waals surface area contributed by atoms with Crippen LogP contribution in [0, 0.1) is 13.8 Å². The van der Waals surface area contributed by atoms with Crippen molar-refractivity contribution in [2.45, 2.75) is 18.7 Å². The van der Waals surface area contributed by atoms with Crippen LogP contribution in [0.15, 0.2) is 23.1 Å². The van der Waals surface area contributed by atoms with Crippen LogP contribution in [0.2, 0.25) is 0 Å². The molecule has 0 heterocycles. The Morgan fingerprint density at radius 3 is 2.15 bits per heavy atom. The molecular formula is C8H11NaO3S. The van der Waals surface area contributed by atoms with Gasteiger partial charge in [0.05, 0.1) is 4.90 Å². The van der Waals surface area contributed by atoms with Gasteiger partial charge in [-0.15, -0.1) is 0 Å². The number of hydrogen-bond donors (Lipinski definition) is 1. The van der Waals surface area contributed by atoms with E-state index < -0.39 is 10.1 Å². The zero-order valence-electron chi connectivity index (χ0n) is 6.90. The Hall–Kier alpha value is 0.130. The van der Waals surface area contributed by atoms with Gasteiger partial charge < -0.3 is 0 Å². The first-order chi connectivity index (χ1) is 5.43. The topological polar surface area (TPSA) is 54.4 Å². The molecule has 0 spiro atoms. The van der Waals surface area contributed by atoms with Gasteiger partial charge in [-0.05, 0) is 31.0 Å². The minimum atomic E-state index is -4.06. The molecule has 0 unspecified atom stereocenters. The number of rotatable bonds is 1. The van der Waals surface area contributed by atoms with Gasteiger partial charge in [-0.3, -0.25) is 4.55 Å². The van der Waals surface area contributed by atoms with Gasteiger partial charge in [0.25, 0.3) is 10.1 Å². The Bertz CT molecular complexity index is 398. The molecule has 1 rings (SSSR count). The van der Waals surface area contributed by atoms with Crippen LogP contribution in [0.5, 0.6) is 0 Å². The van der Waals surface area contributed by atoms with Crippen molar-refractivity contribution in [1.29, 1.82) is 0 Å². The van der Waals surface area contributed by atoms with Gasteiger partial charge in [-0.25, -0.2) is 0 Å². The van der Waals surface area contributed by atoms with Crippen LogP contribution >= 0.6 is 0 Å². The molecule has 1 aromatic carbocycles. The first-order valence-electron chi connectivity index (χ1n) is 3.46. The third-order valence-electron chi connectivity index (χ3n) is 1.83. The summed E-state index contributed by atoms with van der Waals surface area (Å²) in [4.78, 5) is -0.0116. The molecule has 0 aromatic heterocycles. The first-order valence-corrected chi connectivity index (χ1v) is 4.90. The molecule has 0 aliphatic rings. The second-order valence-electron chi connectivity index (χ2n) is 2.67. The summed E-state index contributed by atoms with van der Waals surface area (Å²) in [6.45, 7) is 3.46. The summed E-state index contributed by atoms with van der Waals surface area (Å²) in [7, 11) is -4.06. The van der Waals surface area contributed by atoms with Crippen molar-refractivity contribution in [1.82, 2.24) is 0 Å². The zero-order valence-corrected chi connectivity index (χ0v) is 7.72. The second-order valence-corrected chi connectivity index (χ2v) is 4.06. The Morgan fingerprint density at radius 2 is 1.77 bits per heavy atom. The van der Waals surface area contributed by atoms with E-state index >= 15 is 0 Å². The van der Waals surface area contributed by atoms with Gasteiger partial charge in [-0.1, -0.05) is 12.1 Å².